The molecule has 0 saturated carbocycles. The standard InChI is InChI=1S/C23H23BrN4O7/c1-5-12(2)21-26-17-7-6-15(24)10-16(17)22(29)27(21)25-11-14-8-18(28(32)33)20(19(9-14)34-4)35-13(3)23(30)31/h6-13H,5H2,1-4H3,(H,30,31)/t12-,13-/m0/s1. The lowest BCUT2D eigenvalue weighted by Crippen LogP contribution is -2.24. The van der Waals surface area contributed by atoms with Crippen LogP contribution in [-0.4, -0.2) is 45.1 Å². The summed E-state index contributed by atoms with van der Waals surface area (Å²) in [6, 6.07) is 7.75. The van der Waals surface area contributed by atoms with E-state index in [1.165, 1.54) is 31.0 Å². The molecule has 0 fully saturated rings. The van der Waals surface area contributed by atoms with Gasteiger partial charge in [0.05, 0.1) is 29.2 Å². The fraction of sp³-hybridized carbons (Fsp3) is 0.304. The van der Waals surface area contributed by atoms with Crippen molar-refractivity contribution >= 4 is 44.7 Å². The minimum Gasteiger partial charge on any atom is -0.493 e. The minimum atomic E-state index is -1.35. The van der Waals surface area contributed by atoms with Gasteiger partial charge in [-0.15, -0.1) is 0 Å². The van der Waals surface area contributed by atoms with Gasteiger partial charge < -0.3 is 14.6 Å². The first kappa shape index (κ1) is 25.8. The molecule has 1 heterocycles. The summed E-state index contributed by atoms with van der Waals surface area (Å²) < 4.78 is 12.4. The third kappa shape index (κ3) is 5.48. The van der Waals surface area contributed by atoms with Crippen LogP contribution in [0.5, 0.6) is 11.5 Å². The van der Waals surface area contributed by atoms with Crippen LogP contribution in [-0.2, 0) is 4.79 Å². The molecule has 3 rings (SSSR count). The molecule has 1 aromatic heterocycles. The fourth-order valence-corrected chi connectivity index (χ4v) is 3.58. The van der Waals surface area contributed by atoms with Gasteiger partial charge in [0.1, 0.15) is 5.82 Å². The SMILES string of the molecule is CC[C@H](C)c1nc2ccc(Br)cc2c(=O)n1N=Cc1cc(OC)c(O[C@@H](C)C(=O)O)c([N+](=O)[O-])c1. The van der Waals surface area contributed by atoms with Crippen LogP contribution in [0.15, 0.2) is 44.7 Å². The second kappa shape index (κ2) is 10.6. The quantitative estimate of drug-likeness (QED) is 0.237. The summed E-state index contributed by atoms with van der Waals surface area (Å²) in [5.41, 5.74) is -0.125. The molecule has 0 aliphatic heterocycles. The number of carboxylic acids is 1. The lowest BCUT2D eigenvalue weighted by atomic mass is 10.1. The summed E-state index contributed by atoms with van der Waals surface area (Å²) in [6.07, 6.45) is 0.636. The van der Waals surface area contributed by atoms with Crippen LogP contribution in [0.2, 0.25) is 0 Å². The third-order valence-electron chi connectivity index (χ3n) is 5.33. The number of nitro benzene ring substituents is 1. The van der Waals surface area contributed by atoms with Crippen LogP contribution in [0.1, 0.15) is 44.5 Å². The van der Waals surface area contributed by atoms with Crippen molar-refractivity contribution in [3.8, 4) is 11.5 Å². The second-order valence-corrected chi connectivity index (χ2v) is 8.64. The molecule has 0 spiro atoms. The van der Waals surface area contributed by atoms with Crippen molar-refractivity contribution in [1.82, 2.24) is 9.66 Å². The number of nitro groups is 1. The number of nitrogens with zero attached hydrogens (tertiary/aromatic N) is 4. The molecule has 0 aliphatic rings. The Kier molecular flexibility index (Phi) is 7.85. The molecule has 11 nitrogen and oxygen atoms in total. The van der Waals surface area contributed by atoms with E-state index in [1.807, 2.05) is 13.8 Å². The van der Waals surface area contributed by atoms with Crippen LogP contribution in [0.3, 0.4) is 0 Å². The van der Waals surface area contributed by atoms with Gasteiger partial charge in [-0.25, -0.2) is 9.78 Å². The summed E-state index contributed by atoms with van der Waals surface area (Å²) in [5.74, 6) is -1.31. The summed E-state index contributed by atoms with van der Waals surface area (Å²) in [6.45, 7) is 5.12. The molecular weight excluding hydrogens is 524 g/mol. The Bertz CT molecular complexity index is 1390. The second-order valence-electron chi connectivity index (χ2n) is 7.73. The fourth-order valence-electron chi connectivity index (χ4n) is 3.22. The van der Waals surface area contributed by atoms with Gasteiger partial charge in [0.25, 0.3) is 5.56 Å². The van der Waals surface area contributed by atoms with Gasteiger partial charge >= 0.3 is 11.7 Å². The highest BCUT2D eigenvalue weighted by atomic mass is 79.9. The zero-order chi connectivity index (χ0) is 25.9. The van der Waals surface area contributed by atoms with Gasteiger partial charge in [-0.1, -0.05) is 29.8 Å². The number of carbonyl (C=O) groups is 1. The summed E-state index contributed by atoms with van der Waals surface area (Å²) in [4.78, 5) is 40.0. The van der Waals surface area contributed by atoms with Crippen molar-refractivity contribution in [2.75, 3.05) is 7.11 Å². The topological polar surface area (TPSA) is 146 Å². The predicted molar refractivity (Wildman–Crippen MR) is 133 cm³/mol. The first-order chi connectivity index (χ1) is 16.6. The van der Waals surface area contributed by atoms with Crippen LogP contribution >= 0.6 is 15.9 Å². The lowest BCUT2D eigenvalue weighted by molar-refractivity contribution is -0.386. The van der Waals surface area contributed by atoms with Crippen LogP contribution in [0.25, 0.3) is 10.9 Å². The van der Waals surface area contributed by atoms with Crippen molar-refractivity contribution in [3.63, 3.8) is 0 Å². The number of benzene rings is 2. The third-order valence-corrected chi connectivity index (χ3v) is 5.82. The number of hydrogen-bond donors (Lipinski definition) is 1. The highest BCUT2D eigenvalue weighted by molar-refractivity contribution is 9.10. The Morgan fingerprint density at radius 3 is 2.66 bits per heavy atom. The van der Waals surface area contributed by atoms with E-state index in [-0.39, 0.29) is 28.5 Å². The van der Waals surface area contributed by atoms with Crippen LogP contribution < -0.4 is 15.0 Å². The first-order valence-electron chi connectivity index (χ1n) is 10.6. The van der Waals surface area contributed by atoms with E-state index in [9.17, 15) is 19.7 Å². The minimum absolute atomic E-state index is 0.0520. The van der Waals surface area contributed by atoms with Crippen molar-refractivity contribution in [2.45, 2.75) is 39.2 Å². The van der Waals surface area contributed by atoms with Gasteiger partial charge in [0.2, 0.25) is 5.75 Å². The number of fused-ring (bicyclic) bond motifs is 1. The van der Waals surface area contributed by atoms with Gasteiger partial charge in [0, 0.05) is 22.0 Å². The van der Waals surface area contributed by atoms with E-state index in [0.717, 1.165) is 6.07 Å². The van der Waals surface area contributed by atoms with Gasteiger partial charge in [-0.3, -0.25) is 14.9 Å². The Balaban J connectivity index is 2.17. The van der Waals surface area contributed by atoms with Gasteiger partial charge in [-0.2, -0.15) is 9.78 Å². The van der Waals surface area contributed by atoms with E-state index in [1.54, 1.807) is 18.2 Å². The zero-order valence-corrected chi connectivity index (χ0v) is 21.0. The molecule has 0 amide bonds. The van der Waals surface area contributed by atoms with Gasteiger partial charge in [-0.05, 0) is 37.6 Å². The maximum absolute atomic E-state index is 13.3. The molecule has 0 radical (unpaired) electrons. The molecule has 2 aromatic carbocycles. The number of halogens is 1. The zero-order valence-electron chi connectivity index (χ0n) is 19.4. The molecule has 2 atom stereocenters. The normalized spacial score (nSPS) is 13.1. The molecule has 35 heavy (non-hydrogen) atoms. The predicted octanol–water partition coefficient (Wildman–Crippen LogP) is 4.32. The van der Waals surface area contributed by atoms with E-state index >= 15 is 0 Å². The molecule has 3 aromatic rings. The monoisotopic (exact) mass is 546 g/mol. The van der Waals surface area contributed by atoms with Crippen molar-refractivity contribution in [2.24, 2.45) is 5.10 Å². The van der Waals surface area contributed by atoms with Gasteiger partial charge in [0.15, 0.2) is 11.9 Å². The van der Waals surface area contributed by atoms with Crippen molar-refractivity contribution in [1.29, 1.82) is 0 Å². The number of aromatic nitrogens is 2. The Hall–Kier alpha value is -3.80. The van der Waals surface area contributed by atoms with Crippen LogP contribution in [0.4, 0.5) is 5.69 Å². The summed E-state index contributed by atoms with van der Waals surface area (Å²) in [7, 11) is 1.27. The number of rotatable bonds is 9. The highest BCUT2D eigenvalue weighted by Gasteiger charge is 2.26. The maximum Gasteiger partial charge on any atom is 0.344 e. The lowest BCUT2D eigenvalue weighted by Gasteiger charge is -2.15. The molecule has 0 saturated heterocycles. The van der Waals surface area contributed by atoms with E-state index < -0.39 is 22.7 Å². The molecular formula is C23H23BrN4O7. The Labute approximate surface area is 208 Å². The van der Waals surface area contributed by atoms with Crippen molar-refractivity contribution < 1.29 is 24.3 Å². The van der Waals surface area contributed by atoms with Crippen molar-refractivity contribution in [3.05, 3.63) is 66.7 Å². The first-order valence-corrected chi connectivity index (χ1v) is 11.4. The molecule has 0 aliphatic carbocycles. The molecule has 0 bridgehead atoms. The molecule has 0 unspecified atom stereocenters. The highest BCUT2D eigenvalue weighted by Crippen LogP contribution is 2.38. The number of aliphatic carboxylic acids is 1. The number of hydrogen-bond acceptors (Lipinski definition) is 8. The molecule has 184 valence electrons. The number of ether oxygens (including phenoxy) is 2. The molecule has 1 N–H and O–H groups in total. The van der Waals surface area contributed by atoms with E-state index in [4.69, 9.17) is 14.6 Å². The summed E-state index contributed by atoms with van der Waals surface area (Å²) >= 11 is 3.36. The maximum atomic E-state index is 13.3. The number of carboxylic acid groups (broad SMARTS) is 1. The Morgan fingerprint density at radius 1 is 1.34 bits per heavy atom. The summed E-state index contributed by atoms with van der Waals surface area (Å²) in [5, 5.41) is 25.5. The smallest absolute Gasteiger partial charge is 0.344 e. The Morgan fingerprint density at radius 2 is 2.06 bits per heavy atom. The average Bonchev–Trinajstić information content (AvgIpc) is 2.83. The molecule has 12 heteroatoms. The van der Waals surface area contributed by atoms with E-state index in [0.29, 0.717) is 27.6 Å². The number of methoxy groups -OCH3 is 1. The van der Waals surface area contributed by atoms with E-state index in [2.05, 4.69) is 26.0 Å². The largest absolute Gasteiger partial charge is 0.493 e. The average molecular weight is 547 g/mol. The van der Waals surface area contributed by atoms with Crippen LogP contribution in [0, 0.1) is 10.1 Å².